The number of alkyl halides is 1. The molecule has 2 heteroatoms. The summed E-state index contributed by atoms with van der Waals surface area (Å²) in [4.78, 5) is 2.64. The molecule has 2 fully saturated rings. The summed E-state index contributed by atoms with van der Waals surface area (Å²) >= 11 is 5.95. The molecule has 0 N–H and O–H groups in total. The maximum absolute atomic E-state index is 5.95. The Labute approximate surface area is 92.8 Å². The summed E-state index contributed by atoms with van der Waals surface area (Å²) in [6.07, 6.45) is 5.60. The molecule has 1 saturated heterocycles. The van der Waals surface area contributed by atoms with E-state index in [0.29, 0.717) is 5.41 Å². The van der Waals surface area contributed by atoms with Gasteiger partial charge in [0.1, 0.15) is 0 Å². The lowest BCUT2D eigenvalue weighted by Crippen LogP contribution is -2.31. The van der Waals surface area contributed by atoms with Crippen molar-refractivity contribution in [1.82, 2.24) is 4.90 Å². The van der Waals surface area contributed by atoms with Gasteiger partial charge in [-0.15, -0.1) is 11.6 Å². The summed E-state index contributed by atoms with van der Waals surface area (Å²) in [5.41, 5.74) is 0.657. The van der Waals surface area contributed by atoms with Crippen LogP contribution in [0.3, 0.4) is 0 Å². The van der Waals surface area contributed by atoms with Crippen LogP contribution in [0.5, 0.6) is 0 Å². The van der Waals surface area contributed by atoms with Gasteiger partial charge >= 0.3 is 0 Å². The molecular weight excluding hydrogens is 194 g/mol. The minimum absolute atomic E-state index is 0.657. The van der Waals surface area contributed by atoms with Crippen molar-refractivity contribution >= 4 is 11.6 Å². The summed E-state index contributed by atoms with van der Waals surface area (Å²) in [7, 11) is 0. The third-order valence-corrected chi connectivity index (χ3v) is 4.66. The maximum Gasteiger partial charge on any atom is 0.0251 e. The molecule has 82 valence electrons. The van der Waals surface area contributed by atoms with Crippen LogP contribution in [-0.2, 0) is 0 Å². The van der Waals surface area contributed by atoms with E-state index in [2.05, 4.69) is 18.7 Å². The molecule has 1 saturated carbocycles. The summed E-state index contributed by atoms with van der Waals surface area (Å²) in [5.74, 6) is 1.69. The molecule has 1 aliphatic heterocycles. The van der Waals surface area contributed by atoms with Gasteiger partial charge in [0.05, 0.1) is 0 Å². The van der Waals surface area contributed by atoms with Gasteiger partial charge in [0.25, 0.3) is 0 Å². The van der Waals surface area contributed by atoms with Gasteiger partial charge < -0.3 is 4.90 Å². The van der Waals surface area contributed by atoms with Crippen molar-refractivity contribution < 1.29 is 0 Å². The van der Waals surface area contributed by atoms with Crippen molar-refractivity contribution in [3.63, 3.8) is 0 Å². The Hall–Kier alpha value is 0.250. The molecule has 0 bridgehead atoms. The minimum Gasteiger partial charge on any atom is -0.300 e. The summed E-state index contributed by atoms with van der Waals surface area (Å²) in [6, 6.07) is 0.726. The van der Waals surface area contributed by atoms with Crippen LogP contribution in [0.25, 0.3) is 0 Å². The van der Waals surface area contributed by atoms with Crippen molar-refractivity contribution in [1.29, 1.82) is 0 Å². The van der Waals surface area contributed by atoms with Gasteiger partial charge in [-0.2, -0.15) is 0 Å². The van der Waals surface area contributed by atoms with Gasteiger partial charge in [-0.3, -0.25) is 0 Å². The average Bonchev–Trinajstić information content (AvgIpc) is 2.74. The first-order valence-corrected chi connectivity index (χ1v) is 6.49. The largest absolute Gasteiger partial charge is 0.300 e. The van der Waals surface area contributed by atoms with E-state index in [9.17, 15) is 0 Å². The lowest BCUT2D eigenvalue weighted by atomic mass is 9.85. The predicted molar refractivity (Wildman–Crippen MR) is 61.8 cm³/mol. The van der Waals surface area contributed by atoms with Crippen LogP contribution in [0.1, 0.15) is 39.5 Å². The molecule has 2 atom stereocenters. The average molecular weight is 216 g/mol. The first-order chi connectivity index (χ1) is 6.65. The number of nitrogens with zero attached hydrogens (tertiary/aromatic N) is 1. The molecule has 1 nitrogen and oxygen atoms in total. The van der Waals surface area contributed by atoms with Gasteiger partial charge in [0, 0.05) is 18.5 Å². The fourth-order valence-corrected chi connectivity index (χ4v) is 3.50. The molecule has 2 unspecified atom stereocenters. The second-order valence-corrected chi connectivity index (χ2v) is 5.89. The minimum atomic E-state index is 0.657. The van der Waals surface area contributed by atoms with Crippen molar-refractivity contribution in [3.05, 3.63) is 0 Å². The van der Waals surface area contributed by atoms with Crippen LogP contribution < -0.4 is 0 Å². The van der Waals surface area contributed by atoms with E-state index in [1.165, 1.54) is 38.8 Å². The zero-order valence-electron chi connectivity index (χ0n) is 9.43. The Morgan fingerprint density at radius 1 is 1.43 bits per heavy atom. The first-order valence-electron chi connectivity index (χ1n) is 5.95. The fraction of sp³-hybridized carbons (Fsp3) is 1.00. The van der Waals surface area contributed by atoms with E-state index in [1.807, 2.05) is 0 Å². The van der Waals surface area contributed by atoms with E-state index in [0.717, 1.165) is 17.8 Å². The molecule has 0 aromatic carbocycles. The van der Waals surface area contributed by atoms with Gasteiger partial charge in [-0.1, -0.05) is 0 Å². The smallest absolute Gasteiger partial charge is 0.0251 e. The number of hydrogen-bond acceptors (Lipinski definition) is 1. The standard InChI is InChI=1S/C12H22ClN/c1-10(2)14-6-5-12(9-14)4-3-11(7-12)8-13/h10-11H,3-9H2,1-2H3. The lowest BCUT2D eigenvalue weighted by Gasteiger charge is -2.26. The molecule has 1 heterocycles. The van der Waals surface area contributed by atoms with E-state index >= 15 is 0 Å². The molecule has 2 aliphatic rings. The fourth-order valence-electron chi connectivity index (χ4n) is 3.24. The van der Waals surface area contributed by atoms with E-state index in [4.69, 9.17) is 11.6 Å². The normalized spacial score (nSPS) is 39.0. The summed E-state index contributed by atoms with van der Waals surface area (Å²) < 4.78 is 0. The summed E-state index contributed by atoms with van der Waals surface area (Å²) in [5, 5.41) is 0. The van der Waals surface area contributed by atoms with E-state index < -0.39 is 0 Å². The second-order valence-electron chi connectivity index (χ2n) is 5.58. The first kappa shape index (κ1) is 10.8. The lowest BCUT2D eigenvalue weighted by molar-refractivity contribution is 0.222. The molecule has 0 amide bonds. The Bertz CT molecular complexity index is 204. The molecule has 14 heavy (non-hydrogen) atoms. The topological polar surface area (TPSA) is 3.24 Å². The number of likely N-dealkylation sites (tertiary alicyclic amines) is 1. The summed E-state index contributed by atoms with van der Waals surface area (Å²) in [6.45, 7) is 7.27. The zero-order chi connectivity index (χ0) is 10.2. The Balaban J connectivity index is 1.94. The molecule has 1 aliphatic carbocycles. The quantitative estimate of drug-likeness (QED) is 0.640. The van der Waals surface area contributed by atoms with Crippen molar-refractivity contribution in [3.8, 4) is 0 Å². The highest BCUT2D eigenvalue weighted by atomic mass is 35.5. The van der Waals surface area contributed by atoms with Crippen molar-refractivity contribution in [2.75, 3.05) is 19.0 Å². The monoisotopic (exact) mass is 215 g/mol. The molecule has 0 radical (unpaired) electrons. The predicted octanol–water partition coefficient (Wildman–Crippen LogP) is 3.13. The SMILES string of the molecule is CC(C)N1CCC2(CCC(CCl)C2)C1. The van der Waals surface area contributed by atoms with Gasteiger partial charge in [0.15, 0.2) is 0 Å². The van der Waals surface area contributed by atoms with Gasteiger partial charge in [-0.25, -0.2) is 0 Å². The van der Waals surface area contributed by atoms with Gasteiger partial charge in [0.2, 0.25) is 0 Å². The second kappa shape index (κ2) is 4.02. The van der Waals surface area contributed by atoms with Crippen molar-refractivity contribution in [2.45, 2.75) is 45.6 Å². The molecular formula is C12H22ClN. The maximum atomic E-state index is 5.95. The van der Waals surface area contributed by atoms with Crippen LogP contribution >= 0.6 is 11.6 Å². The number of halogens is 1. The molecule has 2 rings (SSSR count). The molecule has 0 aromatic rings. The Morgan fingerprint density at radius 2 is 2.21 bits per heavy atom. The van der Waals surface area contributed by atoms with Crippen LogP contribution in [0.15, 0.2) is 0 Å². The highest BCUT2D eigenvalue weighted by Gasteiger charge is 2.43. The van der Waals surface area contributed by atoms with Crippen LogP contribution in [0, 0.1) is 11.3 Å². The Kier molecular flexibility index (Phi) is 3.09. The third-order valence-electron chi connectivity index (χ3n) is 4.22. The van der Waals surface area contributed by atoms with E-state index in [-0.39, 0.29) is 0 Å². The van der Waals surface area contributed by atoms with Crippen LogP contribution in [-0.4, -0.2) is 29.9 Å². The highest BCUT2D eigenvalue weighted by molar-refractivity contribution is 6.18. The highest BCUT2D eigenvalue weighted by Crippen LogP contribution is 2.48. The zero-order valence-corrected chi connectivity index (χ0v) is 10.2. The third kappa shape index (κ3) is 1.94. The van der Waals surface area contributed by atoms with E-state index in [1.54, 1.807) is 0 Å². The van der Waals surface area contributed by atoms with Gasteiger partial charge in [-0.05, 0) is 57.4 Å². The number of rotatable bonds is 2. The molecule has 0 aromatic heterocycles. The van der Waals surface area contributed by atoms with Crippen LogP contribution in [0.2, 0.25) is 0 Å². The van der Waals surface area contributed by atoms with Crippen molar-refractivity contribution in [2.24, 2.45) is 11.3 Å². The number of hydrogen-bond donors (Lipinski definition) is 0. The molecule has 1 spiro atoms. The van der Waals surface area contributed by atoms with Crippen LogP contribution in [0.4, 0.5) is 0 Å². The Morgan fingerprint density at radius 3 is 2.71 bits per heavy atom.